The molecule has 0 unspecified atom stereocenters. The van der Waals surface area contributed by atoms with E-state index in [0.717, 1.165) is 39.1 Å². The zero-order chi connectivity index (χ0) is 21.8. The van der Waals surface area contributed by atoms with Gasteiger partial charge >= 0.3 is 0 Å². The first-order valence-electron chi connectivity index (χ1n) is 10.0. The maximum Gasteiger partial charge on any atom is 0.251 e. The number of carbonyl (C=O) groups excluding carboxylic acids is 1. The molecule has 3 aromatic carbocycles. The van der Waals surface area contributed by atoms with E-state index in [1.165, 1.54) is 0 Å². The molecule has 1 N–H and O–H groups in total. The summed E-state index contributed by atoms with van der Waals surface area (Å²) in [6, 6.07) is 19.1. The number of hydrogen-bond donors (Lipinski definition) is 1. The first kappa shape index (κ1) is 20.5. The second-order valence-corrected chi connectivity index (χ2v) is 7.35. The summed E-state index contributed by atoms with van der Waals surface area (Å²) in [6.07, 6.45) is 0. The number of methoxy groups -OCH3 is 1. The molecular weight excluding hydrogens is 392 g/mol. The number of benzene rings is 3. The lowest BCUT2D eigenvalue weighted by Gasteiger charge is -2.09. The Morgan fingerprint density at radius 2 is 1.68 bits per heavy atom. The Labute approximate surface area is 180 Å². The molecule has 0 aliphatic rings. The van der Waals surface area contributed by atoms with Crippen LogP contribution in [0.5, 0.6) is 11.5 Å². The van der Waals surface area contributed by atoms with Crippen molar-refractivity contribution in [1.29, 1.82) is 0 Å². The minimum Gasteiger partial charge on any atom is -0.497 e. The third-order valence-corrected chi connectivity index (χ3v) is 5.25. The molecule has 1 amide bonds. The monoisotopic (exact) mass is 416 g/mol. The Balaban J connectivity index is 1.35. The summed E-state index contributed by atoms with van der Waals surface area (Å²) in [7, 11) is 1.66. The van der Waals surface area contributed by atoms with Gasteiger partial charge in [0.15, 0.2) is 0 Å². The molecule has 1 heterocycles. The third kappa shape index (κ3) is 4.69. The van der Waals surface area contributed by atoms with Gasteiger partial charge in [0.1, 0.15) is 23.9 Å². The fourth-order valence-electron chi connectivity index (χ4n) is 3.36. The highest BCUT2D eigenvalue weighted by Crippen LogP contribution is 2.22. The number of carbonyl (C=O) groups is 1. The average Bonchev–Trinajstić information content (AvgIpc) is 3.13. The number of nitrogens with one attached hydrogen (secondary N) is 1. The molecule has 0 aliphatic carbocycles. The van der Waals surface area contributed by atoms with Gasteiger partial charge in [-0.15, -0.1) is 0 Å². The molecule has 0 saturated carbocycles. The molecule has 0 aliphatic heterocycles. The molecule has 1 aromatic heterocycles. The van der Waals surface area contributed by atoms with Crippen molar-refractivity contribution in [2.24, 2.45) is 0 Å². The topological polar surface area (TPSA) is 73.6 Å². The van der Waals surface area contributed by atoms with Gasteiger partial charge in [-0.1, -0.05) is 23.4 Å². The van der Waals surface area contributed by atoms with Crippen LogP contribution in [0.3, 0.4) is 0 Å². The predicted molar refractivity (Wildman–Crippen MR) is 118 cm³/mol. The first-order valence-corrected chi connectivity index (χ1v) is 10.0. The van der Waals surface area contributed by atoms with E-state index in [2.05, 4.69) is 16.5 Å². The fraction of sp³-hybridized carbons (Fsp3) is 0.200. The maximum atomic E-state index is 12.5. The van der Waals surface area contributed by atoms with Gasteiger partial charge < -0.3 is 19.3 Å². The van der Waals surface area contributed by atoms with Gasteiger partial charge in [0.2, 0.25) is 0 Å². The van der Waals surface area contributed by atoms with Gasteiger partial charge in [-0.2, -0.15) is 0 Å². The molecule has 4 rings (SSSR count). The van der Waals surface area contributed by atoms with Gasteiger partial charge in [-0.05, 0) is 72.6 Å². The molecule has 4 aromatic rings. The number of amides is 1. The van der Waals surface area contributed by atoms with Gasteiger partial charge in [0.05, 0.1) is 18.4 Å². The van der Waals surface area contributed by atoms with Crippen molar-refractivity contribution in [2.45, 2.75) is 27.0 Å². The van der Waals surface area contributed by atoms with Gasteiger partial charge in [0.25, 0.3) is 5.91 Å². The number of aryl methyl sites for hydroxylation is 2. The molecular formula is C25H24N2O4. The highest BCUT2D eigenvalue weighted by atomic mass is 16.5. The lowest BCUT2D eigenvalue weighted by atomic mass is 10.1. The van der Waals surface area contributed by atoms with E-state index >= 15 is 0 Å². The normalized spacial score (nSPS) is 10.8. The first-order chi connectivity index (χ1) is 15.0. The van der Waals surface area contributed by atoms with Crippen LogP contribution >= 0.6 is 0 Å². The van der Waals surface area contributed by atoms with Gasteiger partial charge in [-0.25, -0.2) is 0 Å². The van der Waals surface area contributed by atoms with E-state index in [4.69, 9.17) is 14.0 Å². The maximum absolute atomic E-state index is 12.5. The molecule has 0 spiro atoms. The SMILES string of the molecule is COc1ccc2cc(CNC(=O)c3ccc(OCc4c(C)noc4C)cc3)ccc2c1. The molecule has 0 fully saturated rings. The van der Waals surface area contributed by atoms with Crippen LogP contribution in [0.1, 0.15) is 32.9 Å². The summed E-state index contributed by atoms with van der Waals surface area (Å²) in [6.45, 7) is 4.57. The minimum atomic E-state index is -0.132. The number of hydrogen-bond acceptors (Lipinski definition) is 5. The zero-order valence-electron chi connectivity index (χ0n) is 17.8. The Bertz CT molecular complexity index is 1190. The van der Waals surface area contributed by atoms with Crippen molar-refractivity contribution in [3.63, 3.8) is 0 Å². The Kier molecular flexibility index (Phi) is 5.89. The van der Waals surface area contributed by atoms with E-state index in [9.17, 15) is 4.79 Å². The van der Waals surface area contributed by atoms with E-state index in [-0.39, 0.29) is 5.91 Å². The highest BCUT2D eigenvalue weighted by Gasteiger charge is 2.10. The van der Waals surface area contributed by atoms with Crippen molar-refractivity contribution < 1.29 is 18.8 Å². The van der Waals surface area contributed by atoms with E-state index < -0.39 is 0 Å². The van der Waals surface area contributed by atoms with Gasteiger partial charge in [-0.3, -0.25) is 4.79 Å². The largest absolute Gasteiger partial charge is 0.497 e. The summed E-state index contributed by atoms with van der Waals surface area (Å²) in [4.78, 5) is 12.5. The van der Waals surface area contributed by atoms with Crippen molar-refractivity contribution >= 4 is 16.7 Å². The van der Waals surface area contributed by atoms with Crippen LogP contribution < -0.4 is 14.8 Å². The van der Waals surface area contributed by atoms with Crippen LogP contribution in [-0.2, 0) is 13.2 Å². The molecule has 0 radical (unpaired) electrons. The Morgan fingerprint density at radius 3 is 2.39 bits per heavy atom. The minimum absolute atomic E-state index is 0.132. The number of nitrogens with zero attached hydrogens (tertiary/aromatic N) is 1. The molecule has 0 bridgehead atoms. The van der Waals surface area contributed by atoms with E-state index in [1.54, 1.807) is 31.4 Å². The second-order valence-electron chi connectivity index (χ2n) is 7.35. The standard InChI is InChI=1S/C25H24N2O4/c1-16-24(17(2)31-27-16)15-30-22-9-6-19(7-10-22)25(28)26-14-18-4-5-21-13-23(29-3)11-8-20(21)12-18/h4-13H,14-15H2,1-3H3,(H,26,28). The number of fused-ring (bicyclic) bond motifs is 1. The summed E-state index contributed by atoms with van der Waals surface area (Å²) in [5, 5.41) is 9.09. The van der Waals surface area contributed by atoms with Crippen LogP contribution in [0, 0.1) is 13.8 Å². The molecule has 0 atom stereocenters. The quantitative estimate of drug-likeness (QED) is 0.461. The lowest BCUT2D eigenvalue weighted by molar-refractivity contribution is 0.0951. The third-order valence-electron chi connectivity index (χ3n) is 5.25. The smallest absolute Gasteiger partial charge is 0.251 e. The Morgan fingerprint density at radius 1 is 0.968 bits per heavy atom. The van der Waals surface area contributed by atoms with Crippen LogP contribution in [0.2, 0.25) is 0 Å². The van der Waals surface area contributed by atoms with Crippen molar-refractivity contribution in [3.05, 3.63) is 88.8 Å². The molecule has 0 saturated heterocycles. The zero-order valence-corrected chi connectivity index (χ0v) is 17.8. The average molecular weight is 416 g/mol. The van der Waals surface area contributed by atoms with Crippen LogP contribution in [0.4, 0.5) is 0 Å². The summed E-state index contributed by atoms with van der Waals surface area (Å²) in [5.41, 5.74) is 3.37. The number of aromatic nitrogens is 1. The Hall–Kier alpha value is -3.80. The molecule has 6 heteroatoms. The van der Waals surface area contributed by atoms with Crippen LogP contribution in [0.15, 0.2) is 65.2 Å². The van der Waals surface area contributed by atoms with Crippen molar-refractivity contribution in [3.8, 4) is 11.5 Å². The molecule has 31 heavy (non-hydrogen) atoms. The molecule has 6 nitrogen and oxygen atoms in total. The van der Waals surface area contributed by atoms with Crippen LogP contribution in [-0.4, -0.2) is 18.2 Å². The van der Waals surface area contributed by atoms with Crippen molar-refractivity contribution in [1.82, 2.24) is 10.5 Å². The van der Waals surface area contributed by atoms with E-state index in [1.807, 2.05) is 44.2 Å². The second kappa shape index (κ2) is 8.92. The van der Waals surface area contributed by atoms with Crippen LogP contribution in [0.25, 0.3) is 10.8 Å². The fourth-order valence-corrected chi connectivity index (χ4v) is 3.36. The lowest BCUT2D eigenvalue weighted by Crippen LogP contribution is -2.22. The van der Waals surface area contributed by atoms with E-state index in [0.29, 0.717) is 24.5 Å². The molecule has 158 valence electrons. The summed E-state index contributed by atoms with van der Waals surface area (Å²) in [5.74, 6) is 2.13. The number of ether oxygens (including phenoxy) is 2. The summed E-state index contributed by atoms with van der Waals surface area (Å²) < 4.78 is 16.2. The summed E-state index contributed by atoms with van der Waals surface area (Å²) >= 11 is 0. The van der Waals surface area contributed by atoms with Crippen molar-refractivity contribution in [2.75, 3.05) is 7.11 Å². The highest BCUT2D eigenvalue weighted by molar-refractivity contribution is 5.94. The predicted octanol–water partition coefficient (Wildman–Crippen LogP) is 4.96. The van der Waals surface area contributed by atoms with Gasteiger partial charge in [0, 0.05) is 12.1 Å². The number of rotatable bonds is 7.